The number of rotatable bonds is 5. The maximum Gasteiger partial charge on any atom is 0.363 e. The SMILES string of the molecule is CCOC(=O)CC1CCN(c2ccc([N+](=O)[O-])nc2)CC1. The number of nitro groups is 1. The Morgan fingerprint density at radius 2 is 2.19 bits per heavy atom. The molecule has 1 aromatic rings. The van der Waals surface area contributed by atoms with Gasteiger partial charge in [-0.3, -0.25) is 4.79 Å². The van der Waals surface area contributed by atoms with Gasteiger partial charge in [0.15, 0.2) is 6.20 Å². The average molecular weight is 293 g/mol. The standard InChI is InChI=1S/C14H19N3O4/c1-2-21-14(18)9-11-5-7-16(8-6-11)12-3-4-13(15-10-12)17(19)20/h3-4,10-11H,2,5-9H2,1H3. The Labute approximate surface area is 123 Å². The molecule has 2 rings (SSSR count). The molecule has 21 heavy (non-hydrogen) atoms. The van der Waals surface area contributed by atoms with E-state index in [0.29, 0.717) is 18.9 Å². The molecule has 1 aliphatic heterocycles. The van der Waals surface area contributed by atoms with E-state index in [0.717, 1.165) is 31.6 Å². The van der Waals surface area contributed by atoms with Gasteiger partial charge in [0, 0.05) is 25.6 Å². The second-order valence-electron chi connectivity index (χ2n) is 5.07. The van der Waals surface area contributed by atoms with Crippen LogP contribution in [0.25, 0.3) is 0 Å². The minimum Gasteiger partial charge on any atom is -0.466 e. The zero-order chi connectivity index (χ0) is 15.2. The molecule has 114 valence electrons. The second-order valence-corrected chi connectivity index (χ2v) is 5.07. The van der Waals surface area contributed by atoms with Gasteiger partial charge in [-0.15, -0.1) is 0 Å². The first-order valence-corrected chi connectivity index (χ1v) is 7.11. The third-order valence-corrected chi connectivity index (χ3v) is 3.66. The maximum atomic E-state index is 11.5. The fourth-order valence-electron chi connectivity index (χ4n) is 2.52. The number of anilines is 1. The Morgan fingerprint density at radius 1 is 1.48 bits per heavy atom. The molecule has 0 atom stereocenters. The van der Waals surface area contributed by atoms with Crippen LogP contribution in [0.2, 0.25) is 0 Å². The van der Waals surface area contributed by atoms with Gasteiger partial charge in [0.05, 0.1) is 12.3 Å². The highest BCUT2D eigenvalue weighted by Gasteiger charge is 2.23. The van der Waals surface area contributed by atoms with Crippen molar-refractivity contribution < 1.29 is 14.5 Å². The number of nitrogens with zero attached hydrogens (tertiary/aromatic N) is 3. The Hall–Kier alpha value is -2.18. The van der Waals surface area contributed by atoms with Crippen molar-refractivity contribution >= 4 is 17.5 Å². The molecule has 0 bridgehead atoms. The Kier molecular flexibility index (Phi) is 5.08. The van der Waals surface area contributed by atoms with Gasteiger partial charge >= 0.3 is 11.8 Å². The quantitative estimate of drug-likeness (QED) is 0.470. The van der Waals surface area contributed by atoms with Gasteiger partial charge < -0.3 is 19.8 Å². The largest absolute Gasteiger partial charge is 0.466 e. The van der Waals surface area contributed by atoms with Crippen molar-refractivity contribution in [1.82, 2.24) is 4.98 Å². The smallest absolute Gasteiger partial charge is 0.363 e. The number of ether oxygens (including phenoxy) is 1. The van der Waals surface area contributed by atoms with Crippen LogP contribution in [0.1, 0.15) is 26.2 Å². The summed E-state index contributed by atoms with van der Waals surface area (Å²) in [7, 11) is 0. The molecule has 1 aliphatic rings. The molecule has 0 radical (unpaired) electrons. The van der Waals surface area contributed by atoms with Gasteiger partial charge in [-0.25, -0.2) is 0 Å². The van der Waals surface area contributed by atoms with E-state index in [-0.39, 0.29) is 11.8 Å². The molecule has 1 fully saturated rings. The summed E-state index contributed by atoms with van der Waals surface area (Å²) in [5, 5.41) is 10.6. The van der Waals surface area contributed by atoms with Crippen LogP contribution >= 0.6 is 0 Å². The average Bonchev–Trinajstić information content (AvgIpc) is 2.48. The molecule has 2 heterocycles. The van der Waals surface area contributed by atoms with Crippen LogP contribution in [0.4, 0.5) is 11.5 Å². The minimum absolute atomic E-state index is 0.132. The Bertz CT molecular complexity index is 495. The van der Waals surface area contributed by atoms with Crippen molar-refractivity contribution in [3.05, 3.63) is 28.4 Å². The van der Waals surface area contributed by atoms with Gasteiger partial charge in [-0.1, -0.05) is 0 Å². The minimum atomic E-state index is -0.505. The molecule has 0 unspecified atom stereocenters. The summed E-state index contributed by atoms with van der Waals surface area (Å²) in [5.74, 6) is 0.0789. The van der Waals surface area contributed by atoms with E-state index in [4.69, 9.17) is 4.74 Å². The highest BCUT2D eigenvalue weighted by Crippen LogP contribution is 2.25. The van der Waals surface area contributed by atoms with Gasteiger partial charge in [-0.2, -0.15) is 0 Å². The molecular formula is C14H19N3O4. The van der Waals surface area contributed by atoms with Crippen LogP contribution in [0.5, 0.6) is 0 Å². The van der Waals surface area contributed by atoms with Crippen LogP contribution in [-0.2, 0) is 9.53 Å². The lowest BCUT2D eigenvalue weighted by molar-refractivity contribution is -0.389. The number of aromatic nitrogens is 1. The van der Waals surface area contributed by atoms with Crippen LogP contribution in [0.15, 0.2) is 18.3 Å². The highest BCUT2D eigenvalue weighted by atomic mass is 16.6. The van der Waals surface area contributed by atoms with Gasteiger partial charge in [0.1, 0.15) is 0 Å². The van der Waals surface area contributed by atoms with Crippen LogP contribution < -0.4 is 4.90 Å². The number of carbonyl (C=O) groups is 1. The van der Waals surface area contributed by atoms with E-state index >= 15 is 0 Å². The van der Waals surface area contributed by atoms with E-state index in [1.165, 1.54) is 12.3 Å². The molecule has 0 aliphatic carbocycles. The van der Waals surface area contributed by atoms with Crippen molar-refractivity contribution in [2.24, 2.45) is 5.92 Å². The molecule has 0 amide bonds. The summed E-state index contributed by atoms with van der Waals surface area (Å²) in [6, 6.07) is 3.14. The lowest BCUT2D eigenvalue weighted by atomic mass is 9.93. The molecule has 0 N–H and O–H groups in total. The Balaban J connectivity index is 1.86. The predicted molar refractivity (Wildman–Crippen MR) is 77.1 cm³/mol. The summed E-state index contributed by atoms with van der Waals surface area (Å²) in [6.45, 7) is 3.88. The lowest BCUT2D eigenvalue weighted by Gasteiger charge is -2.32. The second kappa shape index (κ2) is 7.01. The first kappa shape index (κ1) is 15.2. The van der Waals surface area contributed by atoms with Crippen molar-refractivity contribution in [3.8, 4) is 0 Å². The number of hydrogen-bond donors (Lipinski definition) is 0. The Morgan fingerprint density at radius 3 is 2.71 bits per heavy atom. The number of piperidine rings is 1. The van der Waals surface area contributed by atoms with E-state index in [2.05, 4.69) is 9.88 Å². The predicted octanol–water partition coefficient (Wildman–Crippen LogP) is 2.16. The highest BCUT2D eigenvalue weighted by molar-refractivity contribution is 5.69. The number of hydrogen-bond acceptors (Lipinski definition) is 6. The molecule has 7 heteroatoms. The van der Waals surface area contributed by atoms with Gasteiger partial charge in [0.25, 0.3) is 0 Å². The van der Waals surface area contributed by atoms with E-state index < -0.39 is 4.92 Å². The van der Waals surface area contributed by atoms with Crippen molar-refractivity contribution in [2.45, 2.75) is 26.2 Å². The number of carbonyl (C=O) groups excluding carboxylic acids is 1. The molecular weight excluding hydrogens is 274 g/mol. The molecule has 0 spiro atoms. The summed E-state index contributed by atoms with van der Waals surface area (Å²) >= 11 is 0. The molecule has 0 saturated carbocycles. The summed E-state index contributed by atoms with van der Waals surface area (Å²) < 4.78 is 4.97. The third-order valence-electron chi connectivity index (χ3n) is 3.66. The van der Waals surface area contributed by atoms with E-state index in [1.807, 2.05) is 6.92 Å². The normalized spacial score (nSPS) is 15.8. The van der Waals surface area contributed by atoms with Crippen LogP contribution in [0.3, 0.4) is 0 Å². The zero-order valence-corrected chi connectivity index (χ0v) is 12.0. The fourth-order valence-corrected chi connectivity index (χ4v) is 2.52. The first-order chi connectivity index (χ1) is 10.1. The molecule has 0 aromatic carbocycles. The number of esters is 1. The summed E-state index contributed by atoms with van der Waals surface area (Å²) in [6.07, 6.45) is 3.83. The van der Waals surface area contributed by atoms with E-state index in [9.17, 15) is 14.9 Å². The third kappa shape index (κ3) is 4.14. The zero-order valence-electron chi connectivity index (χ0n) is 12.0. The summed E-state index contributed by atoms with van der Waals surface area (Å²) in [5.41, 5.74) is 0.884. The van der Waals surface area contributed by atoms with Crippen LogP contribution in [-0.4, -0.2) is 35.6 Å². The van der Waals surface area contributed by atoms with Crippen molar-refractivity contribution in [2.75, 3.05) is 24.6 Å². The van der Waals surface area contributed by atoms with Crippen molar-refractivity contribution in [1.29, 1.82) is 0 Å². The monoisotopic (exact) mass is 293 g/mol. The number of pyridine rings is 1. The first-order valence-electron chi connectivity index (χ1n) is 7.11. The van der Waals surface area contributed by atoms with Crippen molar-refractivity contribution in [3.63, 3.8) is 0 Å². The van der Waals surface area contributed by atoms with Gasteiger partial charge in [0.2, 0.25) is 0 Å². The van der Waals surface area contributed by atoms with E-state index in [1.54, 1.807) is 6.07 Å². The molecule has 7 nitrogen and oxygen atoms in total. The molecule has 1 aromatic heterocycles. The molecule has 1 saturated heterocycles. The fraction of sp³-hybridized carbons (Fsp3) is 0.571. The van der Waals surface area contributed by atoms with Crippen LogP contribution in [0, 0.1) is 16.0 Å². The topological polar surface area (TPSA) is 85.6 Å². The maximum absolute atomic E-state index is 11.5. The lowest BCUT2D eigenvalue weighted by Crippen LogP contribution is -2.34. The summed E-state index contributed by atoms with van der Waals surface area (Å²) in [4.78, 5) is 27.5. The van der Waals surface area contributed by atoms with Gasteiger partial charge in [-0.05, 0) is 41.7 Å².